The van der Waals surface area contributed by atoms with Gasteiger partial charge in [0.25, 0.3) is 0 Å². The van der Waals surface area contributed by atoms with E-state index in [-0.39, 0.29) is 17.3 Å². The molecule has 23 heteroatoms. The summed E-state index contributed by atoms with van der Waals surface area (Å²) >= 11 is 0. The van der Waals surface area contributed by atoms with Crippen molar-refractivity contribution in [3.63, 3.8) is 0 Å². The van der Waals surface area contributed by atoms with Gasteiger partial charge in [-0.1, -0.05) is 19.9 Å². The van der Waals surface area contributed by atoms with Gasteiger partial charge in [0.2, 0.25) is 6.29 Å². The fourth-order valence-corrected chi connectivity index (χ4v) is 13.4. The molecule has 14 N–H and O–H groups in total. The average Bonchev–Trinajstić information content (AvgIpc) is 3.50. The van der Waals surface area contributed by atoms with Gasteiger partial charge in [-0.15, -0.1) is 0 Å². The van der Waals surface area contributed by atoms with Crippen molar-refractivity contribution in [1.29, 1.82) is 0 Å². The zero-order chi connectivity index (χ0) is 48.7. The van der Waals surface area contributed by atoms with E-state index in [0.717, 1.165) is 12.0 Å². The number of aliphatic hydroxyl groups is 14. The van der Waals surface area contributed by atoms with Crippen LogP contribution in [0.4, 0.5) is 0 Å². The number of carbonyl (C=O) groups excluding carboxylic acids is 1. The molecule has 23 nitrogen and oxygen atoms in total. The molecule has 384 valence electrons. The second kappa shape index (κ2) is 19.4. The van der Waals surface area contributed by atoms with Crippen LogP contribution in [-0.4, -0.2) is 232 Å². The smallest absolute Gasteiger partial charge is 0.314 e. The van der Waals surface area contributed by atoms with E-state index < -0.39 is 172 Å². The highest BCUT2D eigenvalue weighted by Crippen LogP contribution is 2.73. The van der Waals surface area contributed by atoms with Crippen molar-refractivity contribution in [3.8, 4) is 0 Å². The van der Waals surface area contributed by atoms with E-state index in [4.69, 9.17) is 37.9 Å². The molecule has 4 heterocycles. The molecule has 8 aliphatic rings. The molecule has 4 saturated heterocycles. The Morgan fingerprint density at radius 2 is 1.10 bits per heavy atom. The fraction of sp³-hybridized carbons (Fsp3) is 0.932. The minimum absolute atomic E-state index is 0.0469. The van der Waals surface area contributed by atoms with Crippen LogP contribution in [0.3, 0.4) is 0 Å². The molecule has 2 bridgehead atoms. The summed E-state index contributed by atoms with van der Waals surface area (Å²) in [4.78, 5) is 14.5. The van der Waals surface area contributed by atoms with E-state index in [1.807, 2.05) is 6.92 Å². The summed E-state index contributed by atoms with van der Waals surface area (Å²) in [6, 6.07) is 0. The largest absolute Gasteiger partial charge is 0.432 e. The maximum atomic E-state index is 14.5. The van der Waals surface area contributed by atoms with Crippen LogP contribution in [0.1, 0.15) is 71.6 Å². The highest BCUT2D eigenvalue weighted by molar-refractivity contribution is 5.77. The third kappa shape index (κ3) is 8.73. The number of fused-ring (bicyclic) bond motifs is 3. The molecule has 0 radical (unpaired) electrons. The first-order valence-electron chi connectivity index (χ1n) is 23.4. The van der Waals surface area contributed by atoms with Gasteiger partial charge >= 0.3 is 5.97 Å². The van der Waals surface area contributed by atoms with Crippen LogP contribution in [0.15, 0.2) is 12.2 Å². The normalized spacial score (nSPS) is 54.5. The first-order chi connectivity index (χ1) is 31.6. The summed E-state index contributed by atoms with van der Waals surface area (Å²) in [5, 5.41) is 147. The van der Waals surface area contributed by atoms with Crippen molar-refractivity contribution in [2.45, 2.75) is 200 Å². The first-order valence-corrected chi connectivity index (χ1v) is 23.4. The lowest BCUT2D eigenvalue weighted by Gasteiger charge is -2.64. The number of carbonyl (C=O) groups is 1. The fourth-order valence-electron chi connectivity index (χ4n) is 13.4. The topological polar surface area (TPSA) is 374 Å². The molecule has 8 rings (SSSR count). The molecule has 0 aromatic rings. The Hall–Kier alpha value is -1.63. The summed E-state index contributed by atoms with van der Waals surface area (Å²) in [5.74, 6) is -0.852. The molecule has 0 amide bonds. The summed E-state index contributed by atoms with van der Waals surface area (Å²) in [5.41, 5.74) is -2.17. The van der Waals surface area contributed by atoms with Gasteiger partial charge in [-0.25, -0.2) is 0 Å². The number of rotatable bonds is 12. The summed E-state index contributed by atoms with van der Waals surface area (Å²) < 4.78 is 47.0. The Labute approximate surface area is 386 Å². The zero-order valence-electron chi connectivity index (χ0n) is 37.5. The third-order valence-corrected chi connectivity index (χ3v) is 17.1. The first kappa shape index (κ1) is 51.7. The van der Waals surface area contributed by atoms with Crippen LogP contribution in [-0.2, 0) is 42.7 Å². The lowest BCUT2D eigenvalue weighted by Crippen LogP contribution is -2.65. The number of esters is 1. The summed E-state index contributed by atoms with van der Waals surface area (Å²) in [6.07, 6.45) is -27.6. The van der Waals surface area contributed by atoms with Gasteiger partial charge in [0.05, 0.1) is 37.4 Å². The van der Waals surface area contributed by atoms with Crippen LogP contribution in [0.25, 0.3) is 0 Å². The predicted molar refractivity (Wildman–Crippen MR) is 219 cm³/mol. The lowest BCUT2D eigenvalue weighted by molar-refractivity contribution is -0.378. The van der Waals surface area contributed by atoms with Gasteiger partial charge in [0.15, 0.2) is 18.9 Å². The standard InChI is InChI=1S/C44H70O23/c1-17-11-43-9-5-22-41(2,7-4-8-42(22,3)40(59)66-38-34(58)30(54)27(51)21(64-38)15-60-36-32(56)28(52)24(48)18(12-45)61-36)23(43)6-10-44(17,16-43)67-39-35(31(55)26(50)20(14-47)63-39)65-37-33(57)29(53)25(49)19(13-46)62-37/h18-39,45-58H,1,4-16H2,2-3H3/t18?,19?,20?,21?,22-,23-,24+,25+,26+,27+,28-,29-,30-,31-,32?,33?,34?,35?,36-,37-,38-,39-,41+,42+,43+,44-/m0/s1. The summed E-state index contributed by atoms with van der Waals surface area (Å²) in [7, 11) is 0. The number of aliphatic hydroxyl groups excluding tert-OH is 14. The van der Waals surface area contributed by atoms with Crippen molar-refractivity contribution in [1.82, 2.24) is 0 Å². The molecule has 8 unspecified atom stereocenters. The van der Waals surface area contributed by atoms with Gasteiger partial charge in [-0.3, -0.25) is 4.79 Å². The van der Waals surface area contributed by atoms with Gasteiger partial charge in [0.1, 0.15) is 97.7 Å². The summed E-state index contributed by atoms with van der Waals surface area (Å²) in [6.45, 7) is 5.74. The van der Waals surface area contributed by atoms with Crippen LogP contribution in [0.2, 0.25) is 0 Å². The van der Waals surface area contributed by atoms with E-state index in [1.54, 1.807) is 0 Å². The second-order valence-electron chi connectivity index (χ2n) is 20.8. The minimum Gasteiger partial charge on any atom is -0.432 e. The van der Waals surface area contributed by atoms with Crippen molar-refractivity contribution in [2.24, 2.45) is 28.1 Å². The highest BCUT2D eigenvalue weighted by Gasteiger charge is 2.69. The number of hydrogen-bond donors (Lipinski definition) is 14. The molecule has 26 atom stereocenters. The minimum atomic E-state index is -1.86. The molecular formula is C44H70O23. The van der Waals surface area contributed by atoms with Crippen LogP contribution < -0.4 is 0 Å². The Bertz CT molecular complexity index is 1760. The van der Waals surface area contributed by atoms with Crippen LogP contribution in [0, 0.1) is 28.1 Å². The highest BCUT2D eigenvalue weighted by atomic mass is 16.8. The van der Waals surface area contributed by atoms with E-state index in [0.29, 0.717) is 51.4 Å². The Morgan fingerprint density at radius 1 is 0.597 bits per heavy atom. The van der Waals surface area contributed by atoms with Gasteiger partial charge < -0.3 is 109 Å². The lowest BCUT2D eigenvalue weighted by atomic mass is 9.41. The zero-order valence-corrected chi connectivity index (χ0v) is 37.5. The van der Waals surface area contributed by atoms with E-state index >= 15 is 0 Å². The van der Waals surface area contributed by atoms with E-state index in [1.165, 1.54) is 0 Å². The van der Waals surface area contributed by atoms with Crippen molar-refractivity contribution < 1.29 is 114 Å². The average molecular weight is 967 g/mol. The van der Waals surface area contributed by atoms with Gasteiger partial charge in [-0.05, 0) is 86.5 Å². The predicted octanol–water partition coefficient (Wildman–Crippen LogP) is -5.11. The van der Waals surface area contributed by atoms with Crippen molar-refractivity contribution in [2.75, 3.05) is 26.4 Å². The molecular weight excluding hydrogens is 896 g/mol. The molecule has 67 heavy (non-hydrogen) atoms. The molecule has 0 aromatic heterocycles. The number of hydrogen-bond acceptors (Lipinski definition) is 23. The van der Waals surface area contributed by atoms with Crippen LogP contribution in [0.5, 0.6) is 0 Å². The molecule has 0 aromatic carbocycles. The molecule has 8 fully saturated rings. The third-order valence-electron chi connectivity index (χ3n) is 17.1. The Morgan fingerprint density at radius 3 is 1.72 bits per heavy atom. The second-order valence-corrected chi connectivity index (χ2v) is 20.8. The van der Waals surface area contributed by atoms with E-state index in [2.05, 4.69) is 13.5 Å². The van der Waals surface area contributed by atoms with Crippen molar-refractivity contribution >= 4 is 5.97 Å². The maximum absolute atomic E-state index is 14.5. The molecule has 4 saturated carbocycles. The Balaban J connectivity index is 0.961. The van der Waals surface area contributed by atoms with Gasteiger partial charge in [-0.2, -0.15) is 0 Å². The van der Waals surface area contributed by atoms with Gasteiger partial charge in [0, 0.05) is 0 Å². The molecule has 4 aliphatic heterocycles. The molecule has 1 spiro atoms. The monoisotopic (exact) mass is 966 g/mol. The van der Waals surface area contributed by atoms with Crippen molar-refractivity contribution in [3.05, 3.63) is 12.2 Å². The quantitative estimate of drug-likeness (QED) is 0.0494. The Kier molecular flexibility index (Phi) is 15.0. The van der Waals surface area contributed by atoms with E-state index in [9.17, 15) is 76.3 Å². The SMILES string of the molecule is C=C1C[C@@]23CC[C@H]4[C@@](C)(CCC[C@@]4(C)C(=O)O[C@@H]4OC(CO[C@H]5OC(CO)[C@@H](O)[C@H](O)C5O)[C@@H](O)[C@H](O)C4O)[C@@H]2CC[C@]1(O[C@@H]1OC(CO)[C@@H](O)[C@H](O)C1O[C@@H]1OC(CO)[C@@H](O)[C@H](O)C1O)C3. The molecule has 4 aliphatic carbocycles. The van der Waals surface area contributed by atoms with Crippen LogP contribution >= 0.6 is 0 Å². The maximum Gasteiger partial charge on any atom is 0.314 e. The number of ether oxygens (including phenoxy) is 8.